The number of amides is 1. The van der Waals surface area contributed by atoms with E-state index in [1.165, 1.54) is 4.90 Å². The predicted molar refractivity (Wildman–Crippen MR) is 108 cm³/mol. The van der Waals surface area contributed by atoms with Crippen LogP contribution in [-0.2, 0) is 15.9 Å². The van der Waals surface area contributed by atoms with Gasteiger partial charge in [-0.3, -0.25) is 4.98 Å². The lowest BCUT2D eigenvalue weighted by atomic mass is 9.82. The Bertz CT molecular complexity index is 785. The monoisotopic (exact) mass is 408 g/mol. The lowest BCUT2D eigenvalue weighted by molar-refractivity contribution is -0.138. The van der Waals surface area contributed by atoms with Crippen LogP contribution in [0.4, 0.5) is 4.79 Å². The lowest BCUT2D eigenvalue weighted by Crippen LogP contribution is -2.48. The Labute approximate surface area is 171 Å². The smallest absolute Gasteiger partial charge is 0.407 e. The number of ether oxygens (including phenoxy) is 2. The van der Waals surface area contributed by atoms with Gasteiger partial charge in [0.2, 0.25) is 0 Å². The van der Waals surface area contributed by atoms with Crippen LogP contribution in [0.15, 0.2) is 18.3 Å². The molecule has 3 rings (SSSR count). The first-order valence-electron chi connectivity index (χ1n) is 9.63. The Morgan fingerprint density at radius 1 is 1.43 bits per heavy atom. The number of carbonyl (C=O) groups is 1. The Kier molecular flexibility index (Phi) is 5.76. The largest absolute Gasteiger partial charge is 0.465 e. The standard InChI is InChI=1S/C21H29ClN2O4/c1-20(2,3)17-10-14(6-7-24(17)19(25)26)18-16(22)9-13(11-23-18)8-15-12-27-21(4,5)28-15/h9-11,15,17H,6-8,12H2,1-5H3,(H,25,26)/t15?,17-/m1/s1. The average molecular weight is 409 g/mol. The van der Waals surface area contributed by atoms with Crippen LogP contribution in [-0.4, -0.2) is 52.2 Å². The zero-order valence-corrected chi connectivity index (χ0v) is 17.9. The first-order valence-corrected chi connectivity index (χ1v) is 10.0. The van der Waals surface area contributed by atoms with Crippen LogP contribution in [0.1, 0.15) is 52.3 Å². The molecule has 0 aliphatic carbocycles. The van der Waals surface area contributed by atoms with Crippen LogP contribution >= 0.6 is 11.6 Å². The SMILES string of the molecule is CC1(C)OCC(Cc2cnc(C3=C[C@H](C(C)(C)C)N(C(=O)O)CC3)c(Cl)c2)O1. The molecule has 7 heteroatoms. The summed E-state index contributed by atoms with van der Waals surface area (Å²) in [5, 5.41) is 10.1. The van der Waals surface area contributed by atoms with Gasteiger partial charge in [0.25, 0.3) is 0 Å². The number of nitrogens with zero attached hydrogens (tertiary/aromatic N) is 2. The molecule has 1 saturated heterocycles. The van der Waals surface area contributed by atoms with Crippen LogP contribution < -0.4 is 0 Å². The molecular formula is C21H29ClN2O4. The molecule has 1 aromatic heterocycles. The van der Waals surface area contributed by atoms with E-state index in [1.54, 1.807) is 0 Å². The van der Waals surface area contributed by atoms with Crippen molar-refractivity contribution in [2.24, 2.45) is 5.41 Å². The quantitative estimate of drug-likeness (QED) is 0.790. The topological polar surface area (TPSA) is 71.9 Å². The number of pyridine rings is 1. The molecule has 1 unspecified atom stereocenters. The molecule has 2 aliphatic heterocycles. The molecule has 1 amide bonds. The van der Waals surface area contributed by atoms with Gasteiger partial charge in [0.1, 0.15) is 0 Å². The fraction of sp³-hybridized carbons (Fsp3) is 0.619. The van der Waals surface area contributed by atoms with E-state index in [2.05, 4.69) is 4.98 Å². The molecule has 0 bridgehead atoms. The number of halogens is 1. The highest BCUT2D eigenvalue weighted by Crippen LogP contribution is 2.36. The van der Waals surface area contributed by atoms with Crippen molar-refractivity contribution in [3.05, 3.63) is 34.6 Å². The number of rotatable bonds is 3. The minimum atomic E-state index is -0.897. The summed E-state index contributed by atoms with van der Waals surface area (Å²) in [5.41, 5.74) is 2.50. The second-order valence-electron chi connectivity index (χ2n) is 9.06. The first kappa shape index (κ1) is 21.1. The normalized spacial score (nSPS) is 24.9. The average Bonchev–Trinajstić information content (AvgIpc) is 2.92. The van der Waals surface area contributed by atoms with Crippen molar-refractivity contribution in [1.29, 1.82) is 0 Å². The van der Waals surface area contributed by atoms with E-state index in [1.807, 2.05) is 53.0 Å². The van der Waals surface area contributed by atoms with Crippen molar-refractivity contribution in [2.45, 2.75) is 65.4 Å². The van der Waals surface area contributed by atoms with E-state index in [4.69, 9.17) is 21.1 Å². The number of carboxylic acid groups (broad SMARTS) is 1. The molecule has 0 spiro atoms. The molecule has 0 saturated carbocycles. The van der Waals surface area contributed by atoms with Gasteiger partial charge in [0, 0.05) is 19.2 Å². The predicted octanol–water partition coefficient (Wildman–Crippen LogP) is 4.61. The Balaban J connectivity index is 1.81. The van der Waals surface area contributed by atoms with Crippen LogP contribution in [0.25, 0.3) is 5.57 Å². The van der Waals surface area contributed by atoms with Gasteiger partial charge < -0.3 is 19.5 Å². The zero-order valence-electron chi connectivity index (χ0n) is 17.2. The summed E-state index contributed by atoms with van der Waals surface area (Å²) in [6.07, 6.45) is 4.20. The molecule has 2 aliphatic rings. The van der Waals surface area contributed by atoms with Gasteiger partial charge in [0.15, 0.2) is 5.79 Å². The van der Waals surface area contributed by atoms with Gasteiger partial charge in [-0.15, -0.1) is 0 Å². The van der Waals surface area contributed by atoms with E-state index in [-0.39, 0.29) is 17.6 Å². The molecule has 3 heterocycles. The summed E-state index contributed by atoms with van der Waals surface area (Å²) in [5.74, 6) is -0.549. The highest BCUT2D eigenvalue weighted by Gasteiger charge is 2.36. The molecule has 28 heavy (non-hydrogen) atoms. The van der Waals surface area contributed by atoms with Crippen molar-refractivity contribution in [2.75, 3.05) is 13.2 Å². The Morgan fingerprint density at radius 2 is 2.14 bits per heavy atom. The minimum Gasteiger partial charge on any atom is -0.465 e. The van der Waals surface area contributed by atoms with Gasteiger partial charge in [-0.25, -0.2) is 4.79 Å². The van der Waals surface area contributed by atoms with Crippen LogP contribution in [0.3, 0.4) is 0 Å². The van der Waals surface area contributed by atoms with Crippen molar-refractivity contribution in [1.82, 2.24) is 9.88 Å². The zero-order chi connectivity index (χ0) is 20.7. The molecule has 0 radical (unpaired) electrons. The third kappa shape index (κ3) is 4.67. The third-order valence-electron chi connectivity index (χ3n) is 5.18. The fourth-order valence-corrected chi connectivity index (χ4v) is 4.14. The summed E-state index contributed by atoms with van der Waals surface area (Å²) >= 11 is 6.56. The second kappa shape index (κ2) is 7.65. The summed E-state index contributed by atoms with van der Waals surface area (Å²) in [7, 11) is 0. The van der Waals surface area contributed by atoms with Crippen molar-refractivity contribution in [3.8, 4) is 0 Å². The first-order chi connectivity index (χ1) is 13.0. The highest BCUT2D eigenvalue weighted by atomic mass is 35.5. The summed E-state index contributed by atoms with van der Waals surface area (Å²) in [6, 6.07) is 1.70. The number of aromatic nitrogens is 1. The van der Waals surface area contributed by atoms with Gasteiger partial charge in [-0.05, 0) is 42.9 Å². The molecule has 0 aromatic carbocycles. The van der Waals surface area contributed by atoms with Crippen molar-refractivity contribution >= 4 is 23.3 Å². The summed E-state index contributed by atoms with van der Waals surface area (Å²) < 4.78 is 11.5. The van der Waals surface area contributed by atoms with E-state index >= 15 is 0 Å². The molecular weight excluding hydrogens is 380 g/mol. The molecule has 154 valence electrons. The van der Waals surface area contributed by atoms with Gasteiger partial charge >= 0.3 is 6.09 Å². The number of hydrogen-bond acceptors (Lipinski definition) is 4. The van der Waals surface area contributed by atoms with E-state index in [0.29, 0.717) is 31.0 Å². The fourth-order valence-electron chi connectivity index (χ4n) is 3.83. The van der Waals surface area contributed by atoms with Crippen molar-refractivity contribution in [3.63, 3.8) is 0 Å². The van der Waals surface area contributed by atoms with E-state index < -0.39 is 11.9 Å². The highest BCUT2D eigenvalue weighted by molar-refractivity contribution is 6.32. The van der Waals surface area contributed by atoms with E-state index in [0.717, 1.165) is 16.8 Å². The van der Waals surface area contributed by atoms with Gasteiger partial charge in [-0.2, -0.15) is 0 Å². The third-order valence-corrected chi connectivity index (χ3v) is 5.47. The molecule has 6 nitrogen and oxygen atoms in total. The van der Waals surface area contributed by atoms with Crippen LogP contribution in [0.5, 0.6) is 0 Å². The summed E-state index contributed by atoms with van der Waals surface area (Å²) in [6.45, 7) is 10.9. The second-order valence-corrected chi connectivity index (χ2v) is 9.46. The van der Waals surface area contributed by atoms with E-state index in [9.17, 15) is 9.90 Å². The maximum absolute atomic E-state index is 11.6. The lowest BCUT2D eigenvalue weighted by Gasteiger charge is -2.40. The molecule has 1 N–H and O–H groups in total. The summed E-state index contributed by atoms with van der Waals surface area (Å²) in [4.78, 5) is 17.7. The number of hydrogen-bond donors (Lipinski definition) is 1. The molecule has 1 fully saturated rings. The minimum absolute atomic E-state index is 0.0120. The van der Waals surface area contributed by atoms with Gasteiger partial charge in [-0.1, -0.05) is 38.4 Å². The molecule has 2 atom stereocenters. The van der Waals surface area contributed by atoms with Crippen molar-refractivity contribution < 1.29 is 19.4 Å². The Morgan fingerprint density at radius 3 is 2.68 bits per heavy atom. The maximum Gasteiger partial charge on any atom is 0.407 e. The van der Waals surface area contributed by atoms with Gasteiger partial charge in [0.05, 0.1) is 29.5 Å². The van der Waals surface area contributed by atoms with Crippen LogP contribution in [0, 0.1) is 5.41 Å². The molecule has 1 aromatic rings. The van der Waals surface area contributed by atoms with Crippen LogP contribution in [0.2, 0.25) is 5.02 Å². The maximum atomic E-state index is 11.6. The Hall–Kier alpha value is -1.63.